The summed E-state index contributed by atoms with van der Waals surface area (Å²) < 4.78 is 5.28. The molecule has 2 rings (SSSR count). The number of carbonyl (C=O) groups excluding carboxylic acids is 2. The van der Waals surface area contributed by atoms with Gasteiger partial charge in [0, 0.05) is 12.2 Å². The van der Waals surface area contributed by atoms with Crippen molar-refractivity contribution < 1.29 is 14.3 Å². The SMILES string of the molecule is COc1cccc(C(CNC(=O)Nc2ccccc2CC(N)=O)N(C)C)c1. The summed E-state index contributed by atoms with van der Waals surface area (Å²) in [5.41, 5.74) is 7.54. The Hall–Kier alpha value is -3.06. The molecule has 144 valence electrons. The molecule has 4 N–H and O–H groups in total. The zero-order valence-corrected chi connectivity index (χ0v) is 15.9. The molecule has 0 aromatic heterocycles. The summed E-state index contributed by atoms with van der Waals surface area (Å²) in [6.07, 6.45) is 0.0700. The molecular weight excluding hydrogens is 344 g/mol. The van der Waals surface area contributed by atoms with E-state index in [0.717, 1.165) is 11.3 Å². The number of amides is 3. The van der Waals surface area contributed by atoms with Crippen LogP contribution in [0, 0.1) is 0 Å². The Balaban J connectivity index is 2.03. The van der Waals surface area contributed by atoms with Crippen molar-refractivity contribution in [1.82, 2.24) is 10.2 Å². The van der Waals surface area contributed by atoms with Crippen molar-refractivity contribution >= 4 is 17.6 Å². The number of anilines is 1. The molecule has 2 aromatic rings. The fourth-order valence-corrected chi connectivity index (χ4v) is 2.79. The second kappa shape index (κ2) is 9.59. The van der Waals surface area contributed by atoms with E-state index in [0.29, 0.717) is 17.8 Å². The number of likely N-dealkylation sites (N-methyl/N-ethyl adjacent to an activating group) is 1. The van der Waals surface area contributed by atoms with E-state index in [-0.39, 0.29) is 18.5 Å². The molecule has 0 aliphatic carbocycles. The number of hydrogen-bond donors (Lipinski definition) is 3. The molecule has 0 bridgehead atoms. The number of nitrogens with two attached hydrogens (primary N) is 1. The molecule has 0 aliphatic rings. The number of urea groups is 1. The first kappa shape index (κ1) is 20.3. The molecule has 7 heteroatoms. The number of nitrogens with zero attached hydrogens (tertiary/aromatic N) is 1. The van der Waals surface area contributed by atoms with E-state index in [1.165, 1.54) is 0 Å². The molecule has 1 atom stereocenters. The van der Waals surface area contributed by atoms with Gasteiger partial charge in [0.05, 0.1) is 19.6 Å². The Morgan fingerprint density at radius 2 is 1.89 bits per heavy atom. The van der Waals surface area contributed by atoms with Crippen LogP contribution in [0.3, 0.4) is 0 Å². The van der Waals surface area contributed by atoms with Crippen molar-refractivity contribution in [2.45, 2.75) is 12.5 Å². The monoisotopic (exact) mass is 370 g/mol. The van der Waals surface area contributed by atoms with Crippen LogP contribution in [0.4, 0.5) is 10.5 Å². The number of nitrogens with one attached hydrogen (secondary N) is 2. The molecule has 1 unspecified atom stereocenters. The van der Waals surface area contributed by atoms with Gasteiger partial charge in [0.2, 0.25) is 5.91 Å². The van der Waals surface area contributed by atoms with Gasteiger partial charge in [-0.25, -0.2) is 4.79 Å². The highest BCUT2D eigenvalue weighted by atomic mass is 16.5. The Morgan fingerprint density at radius 1 is 1.15 bits per heavy atom. The standard InChI is InChI=1S/C20H26N4O3/c1-24(2)18(15-8-6-9-16(11-15)27-3)13-22-20(26)23-17-10-5-4-7-14(17)12-19(21)25/h4-11,18H,12-13H2,1-3H3,(H2,21,25)(H2,22,23,26). The summed E-state index contributed by atoms with van der Waals surface area (Å²) in [4.78, 5) is 25.6. The summed E-state index contributed by atoms with van der Waals surface area (Å²) in [6, 6.07) is 14.5. The smallest absolute Gasteiger partial charge is 0.319 e. The highest BCUT2D eigenvalue weighted by molar-refractivity contribution is 5.91. The molecule has 2 aromatic carbocycles. The Morgan fingerprint density at radius 3 is 2.56 bits per heavy atom. The van der Waals surface area contributed by atoms with Gasteiger partial charge in [-0.1, -0.05) is 30.3 Å². The van der Waals surface area contributed by atoms with E-state index in [2.05, 4.69) is 10.6 Å². The lowest BCUT2D eigenvalue weighted by Gasteiger charge is -2.25. The van der Waals surface area contributed by atoms with E-state index in [1.807, 2.05) is 43.3 Å². The number of hydrogen-bond acceptors (Lipinski definition) is 4. The molecule has 3 amide bonds. The van der Waals surface area contributed by atoms with E-state index in [9.17, 15) is 9.59 Å². The lowest BCUT2D eigenvalue weighted by atomic mass is 10.1. The molecule has 0 radical (unpaired) electrons. The second-order valence-electron chi connectivity index (χ2n) is 6.39. The first-order valence-electron chi connectivity index (χ1n) is 8.62. The van der Waals surface area contributed by atoms with Crippen LogP contribution >= 0.6 is 0 Å². The van der Waals surface area contributed by atoms with Gasteiger partial charge in [0.15, 0.2) is 0 Å². The van der Waals surface area contributed by atoms with Crippen LogP contribution in [0.15, 0.2) is 48.5 Å². The van der Waals surface area contributed by atoms with E-state index < -0.39 is 5.91 Å². The average molecular weight is 370 g/mol. The molecule has 0 saturated heterocycles. The Bertz CT molecular complexity index is 792. The van der Waals surface area contributed by atoms with Gasteiger partial charge in [0.25, 0.3) is 0 Å². The highest BCUT2D eigenvalue weighted by Gasteiger charge is 2.16. The summed E-state index contributed by atoms with van der Waals surface area (Å²) in [6.45, 7) is 0.407. The summed E-state index contributed by atoms with van der Waals surface area (Å²) >= 11 is 0. The molecule has 27 heavy (non-hydrogen) atoms. The average Bonchev–Trinajstić information content (AvgIpc) is 2.63. The number of benzene rings is 2. The van der Waals surface area contributed by atoms with Crippen LogP contribution in [0.2, 0.25) is 0 Å². The number of methoxy groups -OCH3 is 1. The zero-order valence-electron chi connectivity index (χ0n) is 15.9. The predicted molar refractivity (Wildman–Crippen MR) is 106 cm³/mol. The molecule has 0 heterocycles. The van der Waals surface area contributed by atoms with Crippen LogP contribution in [0.1, 0.15) is 17.2 Å². The van der Waals surface area contributed by atoms with Crippen LogP contribution in [0.25, 0.3) is 0 Å². The van der Waals surface area contributed by atoms with Gasteiger partial charge in [-0.2, -0.15) is 0 Å². The quantitative estimate of drug-likeness (QED) is 0.663. The molecule has 0 aliphatic heterocycles. The van der Waals surface area contributed by atoms with Gasteiger partial charge in [-0.05, 0) is 43.4 Å². The number of ether oxygens (including phenoxy) is 1. The van der Waals surface area contributed by atoms with E-state index in [4.69, 9.17) is 10.5 Å². The van der Waals surface area contributed by atoms with Gasteiger partial charge in [-0.15, -0.1) is 0 Å². The maximum absolute atomic E-state index is 12.4. The first-order chi connectivity index (χ1) is 12.9. The predicted octanol–water partition coefficient (Wildman–Crippen LogP) is 2.15. The number of rotatable bonds is 8. The second-order valence-corrected chi connectivity index (χ2v) is 6.39. The fraction of sp³-hybridized carbons (Fsp3) is 0.300. The molecule has 0 fully saturated rings. The van der Waals surface area contributed by atoms with Crippen LogP contribution in [-0.4, -0.2) is 44.6 Å². The van der Waals surface area contributed by atoms with E-state index in [1.54, 1.807) is 31.4 Å². The maximum atomic E-state index is 12.4. The van der Waals surface area contributed by atoms with Gasteiger partial charge < -0.3 is 26.0 Å². The van der Waals surface area contributed by atoms with Gasteiger partial charge >= 0.3 is 6.03 Å². The van der Waals surface area contributed by atoms with Crippen molar-refractivity contribution in [2.75, 3.05) is 33.1 Å². The third-order valence-electron chi connectivity index (χ3n) is 4.19. The lowest BCUT2D eigenvalue weighted by Crippen LogP contribution is -2.37. The third kappa shape index (κ3) is 6.00. The maximum Gasteiger partial charge on any atom is 0.319 e. The largest absolute Gasteiger partial charge is 0.497 e. The minimum Gasteiger partial charge on any atom is -0.497 e. The number of primary amides is 1. The van der Waals surface area contributed by atoms with Gasteiger partial charge in [0.1, 0.15) is 5.75 Å². The lowest BCUT2D eigenvalue weighted by molar-refractivity contribution is -0.117. The normalized spacial score (nSPS) is 11.7. The Labute approximate surface area is 159 Å². The molecule has 0 saturated carbocycles. The fourth-order valence-electron chi connectivity index (χ4n) is 2.79. The van der Waals surface area contributed by atoms with Crippen LogP contribution in [-0.2, 0) is 11.2 Å². The van der Waals surface area contributed by atoms with Crippen LogP contribution in [0.5, 0.6) is 5.75 Å². The summed E-state index contributed by atoms with van der Waals surface area (Å²) in [5, 5.41) is 5.66. The minimum atomic E-state index is -0.449. The van der Waals surface area contributed by atoms with E-state index >= 15 is 0 Å². The summed E-state index contributed by atoms with van der Waals surface area (Å²) in [5.74, 6) is 0.319. The van der Waals surface area contributed by atoms with Crippen molar-refractivity contribution in [2.24, 2.45) is 5.73 Å². The third-order valence-corrected chi connectivity index (χ3v) is 4.19. The van der Waals surface area contributed by atoms with Crippen molar-refractivity contribution in [3.63, 3.8) is 0 Å². The zero-order chi connectivity index (χ0) is 19.8. The van der Waals surface area contributed by atoms with Gasteiger partial charge in [-0.3, -0.25) is 4.79 Å². The number of para-hydroxylation sites is 1. The molecular formula is C20H26N4O3. The van der Waals surface area contributed by atoms with Crippen molar-refractivity contribution in [3.8, 4) is 5.75 Å². The highest BCUT2D eigenvalue weighted by Crippen LogP contribution is 2.22. The van der Waals surface area contributed by atoms with Crippen LogP contribution < -0.4 is 21.1 Å². The minimum absolute atomic E-state index is 0.0216. The molecule has 7 nitrogen and oxygen atoms in total. The summed E-state index contributed by atoms with van der Waals surface area (Å²) in [7, 11) is 5.52. The number of carbonyl (C=O) groups is 2. The topological polar surface area (TPSA) is 96.7 Å². The van der Waals surface area contributed by atoms with Crippen molar-refractivity contribution in [3.05, 3.63) is 59.7 Å². The Kier molecular flexibility index (Phi) is 7.19. The van der Waals surface area contributed by atoms with Crippen molar-refractivity contribution in [1.29, 1.82) is 0 Å². The first-order valence-corrected chi connectivity index (χ1v) is 8.62. The molecule has 0 spiro atoms.